The Labute approximate surface area is 165 Å². The summed E-state index contributed by atoms with van der Waals surface area (Å²) in [5.74, 6) is -0.802. The van der Waals surface area contributed by atoms with Gasteiger partial charge in [0.05, 0.1) is 6.61 Å². The summed E-state index contributed by atoms with van der Waals surface area (Å²) >= 11 is 0. The molecule has 156 valence electrons. The molecule has 0 fully saturated rings. The zero-order valence-corrected chi connectivity index (χ0v) is 17.0. The molecule has 0 aromatic carbocycles. The van der Waals surface area contributed by atoms with E-state index < -0.39 is 11.9 Å². The van der Waals surface area contributed by atoms with E-state index in [1.807, 2.05) is 0 Å². The van der Waals surface area contributed by atoms with Crippen molar-refractivity contribution in [3.63, 3.8) is 0 Å². The van der Waals surface area contributed by atoms with Gasteiger partial charge in [0.2, 0.25) is 5.89 Å². The molecule has 2 rings (SSSR count). The van der Waals surface area contributed by atoms with Gasteiger partial charge in [-0.05, 0) is 26.3 Å². The van der Waals surface area contributed by atoms with Gasteiger partial charge in [0.1, 0.15) is 5.69 Å². The lowest BCUT2D eigenvalue weighted by Crippen LogP contribution is -2.25. The van der Waals surface area contributed by atoms with Crippen LogP contribution >= 0.6 is 0 Å². The molecule has 1 aromatic rings. The number of hydrogen-bond acceptors (Lipinski definition) is 6. The lowest BCUT2D eigenvalue weighted by molar-refractivity contribution is -0.134. The number of ether oxygens (including phenoxy) is 1. The maximum atomic E-state index is 9.55. The van der Waals surface area contributed by atoms with Gasteiger partial charge in [0.25, 0.3) is 0 Å². The van der Waals surface area contributed by atoms with Gasteiger partial charge in [-0.1, -0.05) is 26.8 Å². The Morgan fingerprint density at radius 3 is 2.46 bits per heavy atom. The summed E-state index contributed by atoms with van der Waals surface area (Å²) in [6, 6.07) is 0. The van der Waals surface area contributed by atoms with Gasteiger partial charge < -0.3 is 24.3 Å². The molecule has 0 radical (unpaired) electrons. The average molecular weight is 394 g/mol. The molecule has 2 heterocycles. The van der Waals surface area contributed by atoms with E-state index in [1.54, 1.807) is 0 Å². The second-order valence-corrected chi connectivity index (χ2v) is 6.62. The topological polar surface area (TPSA) is 113 Å². The lowest BCUT2D eigenvalue weighted by Gasteiger charge is -2.20. The number of carboxylic acids is 2. The average Bonchev–Trinajstić information content (AvgIpc) is 3.09. The molecular formula is C20H30N2O6. The van der Waals surface area contributed by atoms with Crippen LogP contribution in [0.25, 0.3) is 5.57 Å². The molecule has 0 amide bonds. The molecule has 2 N–H and O–H groups in total. The van der Waals surface area contributed by atoms with E-state index >= 15 is 0 Å². The maximum absolute atomic E-state index is 9.55. The smallest absolute Gasteiger partial charge is 0.328 e. The molecule has 0 saturated carbocycles. The standard InChI is InChI=1S/C16H26N2O2.C4H4O4/c1-5-10-19-16-14(12(3)6-2)17-15(20-16)13-8-7-9-18(4)11-13;5-3(6)1-2-4(7)8/h8,12H,5-7,9-11H2,1-4H3;1-2H,(H,5,6)(H,7,8)/t12-;/m0./s1. The van der Waals surface area contributed by atoms with E-state index in [9.17, 15) is 9.59 Å². The molecule has 0 aliphatic carbocycles. The molecule has 1 aromatic heterocycles. The summed E-state index contributed by atoms with van der Waals surface area (Å²) in [7, 11) is 2.13. The van der Waals surface area contributed by atoms with E-state index in [2.05, 4.69) is 38.8 Å². The van der Waals surface area contributed by atoms with Crippen LogP contribution in [-0.2, 0) is 9.59 Å². The highest BCUT2D eigenvalue weighted by Gasteiger charge is 2.22. The van der Waals surface area contributed by atoms with Crippen LogP contribution in [-0.4, -0.2) is 58.8 Å². The van der Waals surface area contributed by atoms with Gasteiger partial charge in [-0.3, -0.25) is 0 Å². The Bertz CT molecular complexity index is 692. The number of carbonyl (C=O) groups is 2. The van der Waals surface area contributed by atoms with Crippen LogP contribution in [0.3, 0.4) is 0 Å². The van der Waals surface area contributed by atoms with Crippen LogP contribution in [0.2, 0.25) is 0 Å². The van der Waals surface area contributed by atoms with Gasteiger partial charge in [-0.2, -0.15) is 0 Å². The fourth-order valence-corrected chi connectivity index (χ4v) is 2.45. The van der Waals surface area contributed by atoms with Crippen molar-refractivity contribution < 1.29 is 29.0 Å². The molecule has 0 saturated heterocycles. The number of rotatable bonds is 8. The molecule has 1 aliphatic rings. The number of likely N-dealkylation sites (N-methyl/N-ethyl adjacent to an activating group) is 1. The van der Waals surface area contributed by atoms with Crippen molar-refractivity contribution in [1.82, 2.24) is 9.88 Å². The Morgan fingerprint density at radius 1 is 1.32 bits per heavy atom. The molecule has 1 atom stereocenters. The molecular weight excluding hydrogens is 364 g/mol. The monoisotopic (exact) mass is 394 g/mol. The predicted molar refractivity (Wildman–Crippen MR) is 105 cm³/mol. The lowest BCUT2D eigenvalue weighted by atomic mass is 10.1. The Kier molecular flexibility index (Phi) is 10.0. The predicted octanol–water partition coefficient (Wildman–Crippen LogP) is 3.41. The first-order valence-corrected chi connectivity index (χ1v) is 9.43. The quantitative estimate of drug-likeness (QED) is 0.645. The van der Waals surface area contributed by atoms with Crippen molar-refractivity contribution in [3.8, 4) is 5.95 Å². The number of oxazole rings is 1. The fourth-order valence-electron chi connectivity index (χ4n) is 2.45. The zero-order valence-electron chi connectivity index (χ0n) is 17.0. The Hall–Kier alpha value is -2.61. The van der Waals surface area contributed by atoms with Crippen LogP contribution in [0.15, 0.2) is 22.6 Å². The van der Waals surface area contributed by atoms with Gasteiger partial charge in [0, 0.05) is 36.7 Å². The van der Waals surface area contributed by atoms with E-state index in [4.69, 9.17) is 24.4 Å². The summed E-state index contributed by atoms with van der Waals surface area (Å²) in [5.41, 5.74) is 2.14. The van der Waals surface area contributed by atoms with Crippen LogP contribution in [0.5, 0.6) is 5.95 Å². The summed E-state index contributed by atoms with van der Waals surface area (Å²) in [5, 5.41) is 15.6. The highest BCUT2D eigenvalue weighted by molar-refractivity contribution is 5.89. The third-order valence-electron chi connectivity index (χ3n) is 4.12. The van der Waals surface area contributed by atoms with Crippen LogP contribution in [0, 0.1) is 0 Å². The van der Waals surface area contributed by atoms with Crippen LogP contribution in [0.4, 0.5) is 0 Å². The van der Waals surface area contributed by atoms with Crippen LogP contribution < -0.4 is 4.74 Å². The summed E-state index contributed by atoms with van der Waals surface area (Å²) in [4.78, 5) is 26.1. The number of hydrogen-bond donors (Lipinski definition) is 2. The Morgan fingerprint density at radius 2 is 1.96 bits per heavy atom. The van der Waals surface area contributed by atoms with Gasteiger partial charge in [-0.25, -0.2) is 14.6 Å². The van der Waals surface area contributed by atoms with E-state index in [-0.39, 0.29) is 0 Å². The minimum absolute atomic E-state index is 0.362. The number of aromatic nitrogens is 1. The van der Waals surface area contributed by atoms with Gasteiger partial charge >= 0.3 is 17.9 Å². The number of nitrogens with zero attached hydrogens (tertiary/aromatic N) is 2. The number of carboxylic acid groups (broad SMARTS) is 2. The second kappa shape index (κ2) is 12.0. The van der Waals surface area contributed by atoms with Crippen molar-refractivity contribution in [2.45, 2.75) is 46.0 Å². The fraction of sp³-hybridized carbons (Fsp3) is 0.550. The first-order chi connectivity index (χ1) is 13.3. The zero-order chi connectivity index (χ0) is 21.1. The second-order valence-electron chi connectivity index (χ2n) is 6.62. The molecule has 1 aliphatic heterocycles. The molecule has 8 heteroatoms. The Balaban J connectivity index is 0.000000416. The van der Waals surface area contributed by atoms with Crippen molar-refractivity contribution in [2.24, 2.45) is 0 Å². The minimum atomic E-state index is -1.26. The third kappa shape index (κ3) is 7.96. The summed E-state index contributed by atoms with van der Waals surface area (Å²) < 4.78 is 11.6. The first kappa shape index (κ1) is 23.4. The third-order valence-corrected chi connectivity index (χ3v) is 4.12. The SMILES string of the molecule is CCCOc1oc(C2=CCCN(C)C2)nc1[C@@H](C)CC.O=C(O)C=CC(=O)O. The maximum Gasteiger partial charge on any atom is 0.328 e. The van der Waals surface area contributed by atoms with E-state index in [0.717, 1.165) is 43.9 Å². The van der Waals surface area contributed by atoms with Gasteiger partial charge in [-0.15, -0.1) is 0 Å². The minimum Gasteiger partial charge on any atom is -0.478 e. The van der Waals surface area contributed by atoms with Crippen molar-refractivity contribution in [3.05, 3.63) is 29.8 Å². The molecule has 8 nitrogen and oxygen atoms in total. The van der Waals surface area contributed by atoms with Crippen molar-refractivity contribution >= 4 is 17.5 Å². The van der Waals surface area contributed by atoms with Crippen molar-refractivity contribution in [2.75, 3.05) is 26.7 Å². The molecule has 0 spiro atoms. The molecule has 0 unspecified atom stereocenters. The van der Waals surface area contributed by atoms with Crippen LogP contribution in [0.1, 0.15) is 57.5 Å². The largest absolute Gasteiger partial charge is 0.478 e. The highest BCUT2D eigenvalue weighted by Crippen LogP contribution is 2.32. The summed E-state index contributed by atoms with van der Waals surface area (Å²) in [6.45, 7) is 9.10. The van der Waals surface area contributed by atoms with E-state index in [1.165, 1.54) is 5.57 Å². The highest BCUT2D eigenvalue weighted by atomic mass is 16.6. The number of aliphatic carboxylic acids is 2. The summed E-state index contributed by atoms with van der Waals surface area (Å²) in [6.07, 6.45) is 6.41. The van der Waals surface area contributed by atoms with Gasteiger partial charge in [0.15, 0.2) is 0 Å². The molecule has 28 heavy (non-hydrogen) atoms. The first-order valence-electron chi connectivity index (χ1n) is 9.43. The van der Waals surface area contributed by atoms with Crippen molar-refractivity contribution in [1.29, 1.82) is 0 Å². The normalized spacial score (nSPS) is 15.5. The molecule has 0 bridgehead atoms. The van der Waals surface area contributed by atoms with E-state index in [0.29, 0.717) is 30.6 Å².